The van der Waals surface area contributed by atoms with Gasteiger partial charge in [-0.3, -0.25) is 0 Å². The molecule has 2 heteroatoms. The van der Waals surface area contributed by atoms with Crippen LogP contribution in [-0.4, -0.2) is 7.05 Å². The topological polar surface area (TPSA) is 12.0 Å². The molecule has 2 aromatic rings. The normalized spacial score (nSPS) is 12.7. The molecule has 0 spiro atoms. The summed E-state index contributed by atoms with van der Waals surface area (Å²) in [6.45, 7) is 6.59. The van der Waals surface area contributed by atoms with Gasteiger partial charge in [0.25, 0.3) is 0 Å². The molecule has 0 radical (unpaired) electrons. The minimum atomic E-state index is 0.413. The van der Waals surface area contributed by atoms with Gasteiger partial charge in [-0.15, -0.1) is 11.3 Å². The highest BCUT2D eigenvalue weighted by Gasteiger charge is 2.15. The molecule has 1 aromatic carbocycles. The van der Waals surface area contributed by atoms with Crippen LogP contribution in [0.25, 0.3) is 0 Å². The highest BCUT2D eigenvalue weighted by Crippen LogP contribution is 2.28. The largest absolute Gasteiger partial charge is 0.313 e. The quantitative estimate of drug-likeness (QED) is 0.868. The standard InChI is InChI=1S/C16H21NS/c1-11-7-5-6-8-14(11)10-16(17-4)15-9-12(2)18-13(15)3/h5-9,16-17H,10H2,1-4H3. The summed E-state index contributed by atoms with van der Waals surface area (Å²) in [6, 6.07) is 11.4. The van der Waals surface area contributed by atoms with Crippen LogP contribution in [0.1, 0.15) is 32.5 Å². The lowest BCUT2D eigenvalue weighted by molar-refractivity contribution is 0.590. The summed E-state index contributed by atoms with van der Waals surface area (Å²) in [5.41, 5.74) is 4.26. The Balaban J connectivity index is 2.25. The molecule has 0 aliphatic carbocycles. The fourth-order valence-electron chi connectivity index (χ4n) is 2.42. The maximum atomic E-state index is 3.45. The van der Waals surface area contributed by atoms with Gasteiger partial charge < -0.3 is 5.32 Å². The van der Waals surface area contributed by atoms with E-state index >= 15 is 0 Å². The Morgan fingerprint density at radius 1 is 1.17 bits per heavy atom. The first-order valence-electron chi connectivity index (χ1n) is 6.40. The van der Waals surface area contributed by atoms with Gasteiger partial charge in [0.15, 0.2) is 0 Å². The molecule has 1 heterocycles. The number of rotatable bonds is 4. The van der Waals surface area contributed by atoms with Gasteiger partial charge in [-0.25, -0.2) is 0 Å². The van der Waals surface area contributed by atoms with Crippen LogP contribution in [0, 0.1) is 20.8 Å². The molecular weight excluding hydrogens is 238 g/mol. The van der Waals surface area contributed by atoms with Crippen molar-refractivity contribution in [2.24, 2.45) is 0 Å². The lowest BCUT2D eigenvalue weighted by Gasteiger charge is -2.17. The van der Waals surface area contributed by atoms with E-state index in [-0.39, 0.29) is 0 Å². The summed E-state index contributed by atoms with van der Waals surface area (Å²) in [6.07, 6.45) is 1.06. The Hall–Kier alpha value is -1.12. The summed E-state index contributed by atoms with van der Waals surface area (Å²) in [5.74, 6) is 0. The predicted octanol–water partition coefficient (Wildman–Crippen LogP) is 4.18. The molecule has 1 N–H and O–H groups in total. The van der Waals surface area contributed by atoms with Gasteiger partial charge in [-0.2, -0.15) is 0 Å². The molecule has 0 fully saturated rings. The van der Waals surface area contributed by atoms with E-state index < -0.39 is 0 Å². The molecule has 1 unspecified atom stereocenters. The summed E-state index contributed by atoms with van der Waals surface area (Å²) in [4.78, 5) is 2.83. The van der Waals surface area contributed by atoms with Crippen molar-refractivity contribution in [3.05, 3.63) is 56.8 Å². The number of likely N-dealkylation sites (N-methyl/N-ethyl adjacent to an activating group) is 1. The Morgan fingerprint density at radius 3 is 2.44 bits per heavy atom. The van der Waals surface area contributed by atoms with E-state index in [1.54, 1.807) is 0 Å². The molecule has 1 nitrogen and oxygen atoms in total. The van der Waals surface area contributed by atoms with Crippen LogP contribution in [0.3, 0.4) is 0 Å². The number of thiophene rings is 1. The molecule has 0 aliphatic rings. The van der Waals surface area contributed by atoms with Crippen molar-refractivity contribution < 1.29 is 0 Å². The van der Waals surface area contributed by atoms with Crippen LogP contribution in [-0.2, 0) is 6.42 Å². The second kappa shape index (κ2) is 5.68. The summed E-state index contributed by atoms with van der Waals surface area (Å²) < 4.78 is 0. The third kappa shape index (κ3) is 2.82. The van der Waals surface area contributed by atoms with Gasteiger partial charge in [0.05, 0.1) is 0 Å². The molecule has 0 aliphatic heterocycles. The van der Waals surface area contributed by atoms with Crippen molar-refractivity contribution in [1.29, 1.82) is 0 Å². The van der Waals surface area contributed by atoms with Crippen molar-refractivity contribution in [2.45, 2.75) is 33.2 Å². The third-order valence-electron chi connectivity index (χ3n) is 3.49. The number of hydrogen-bond acceptors (Lipinski definition) is 2. The molecule has 96 valence electrons. The Labute approximate surface area is 114 Å². The second-order valence-electron chi connectivity index (χ2n) is 4.84. The van der Waals surface area contributed by atoms with Crippen LogP contribution in [0.15, 0.2) is 30.3 Å². The molecule has 0 saturated carbocycles. The van der Waals surface area contributed by atoms with E-state index in [1.807, 2.05) is 11.3 Å². The van der Waals surface area contributed by atoms with Crippen LogP contribution >= 0.6 is 11.3 Å². The molecule has 0 bridgehead atoms. The Bertz CT molecular complexity index is 528. The number of benzene rings is 1. The Kier molecular flexibility index (Phi) is 4.20. The molecule has 1 aromatic heterocycles. The highest BCUT2D eigenvalue weighted by molar-refractivity contribution is 7.12. The van der Waals surface area contributed by atoms with Gasteiger partial charge in [0.1, 0.15) is 0 Å². The second-order valence-corrected chi connectivity index (χ2v) is 6.30. The number of nitrogens with one attached hydrogen (secondary N) is 1. The van der Waals surface area contributed by atoms with Crippen LogP contribution < -0.4 is 5.32 Å². The van der Waals surface area contributed by atoms with Crippen molar-refractivity contribution in [2.75, 3.05) is 7.05 Å². The molecule has 18 heavy (non-hydrogen) atoms. The molecule has 0 saturated heterocycles. The maximum absolute atomic E-state index is 3.45. The van der Waals surface area contributed by atoms with Gasteiger partial charge in [-0.05, 0) is 57.0 Å². The van der Waals surface area contributed by atoms with E-state index in [2.05, 4.69) is 63.5 Å². The number of hydrogen-bond donors (Lipinski definition) is 1. The van der Waals surface area contributed by atoms with Crippen molar-refractivity contribution in [1.82, 2.24) is 5.32 Å². The summed E-state index contributed by atoms with van der Waals surface area (Å²) in [5, 5.41) is 3.45. The lowest BCUT2D eigenvalue weighted by Crippen LogP contribution is -2.19. The van der Waals surface area contributed by atoms with E-state index in [1.165, 1.54) is 26.4 Å². The van der Waals surface area contributed by atoms with Crippen molar-refractivity contribution in [3.63, 3.8) is 0 Å². The minimum Gasteiger partial charge on any atom is -0.313 e. The SMILES string of the molecule is CNC(Cc1ccccc1C)c1cc(C)sc1C. The van der Waals surface area contributed by atoms with E-state index in [9.17, 15) is 0 Å². The fourth-order valence-corrected chi connectivity index (χ4v) is 3.41. The zero-order valence-electron chi connectivity index (χ0n) is 11.6. The smallest absolute Gasteiger partial charge is 0.0369 e. The first-order chi connectivity index (χ1) is 8.61. The van der Waals surface area contributed by atoms with Gasteiger partial charge in [-0.1, -0.05) is 24.3 Å². The highest BCUT2D eigenvalue weighted by atomic mass is 32.1. The van der Waals surface area contributed by atoms with Crippen LogP contribution in [0.2, 0.25) is 0 Å². The monoisotopic (exact) mass is 259 g/mol. The molecule has 0 amide bonds. The summed E-state index contributed by atoms with van der Waals surface area (Å²) >= 11 is 1.89. The van der Waals surface area contributed by atoms with Gasteiger partial charge >= 0.3 is 0 Å². The van der Waals surface area contributed by atoms with E-state index in [4.69, 9.17) is 0 Å². The minimum absolute atomic E-state index is 0.413. The fraction of sp³-hybridized carbons (Fsp3) is 0.375. The average molecular weight is 259 g/mol. The number of aryl methyl sites for hydroxylation is 3. The Morgan fingerprint density at radius 2 is 1.89 bits per heavy atom. The first-order valence-corrected chi connectivity index (χ1v) is 7.22. The lowest BCUT2D eigenvalue weighted by atomic mass is 9.96. The maximum Gasteiger partial charge on any atom is 0.0369 e. The zero-order valence-corrected chi connectivity index (χ0v) is 12.4. The third-order valence-corrected chi connectivity index (χ3v) is 4.47. The molecule has 2 rings (SSSR count). The zero-order chi connectivity index (χ0) is 13.1. The van der Waals surface area contributed by atoms with E-state index in [0.717, 1.165) is 6.42 Å². The molecule has 1 atom stereocenters. The van der Waals surface area contributed by atoms with Crippen LogP contribution in [0.5, 0.6) is 0 Å². The first kappa shape index (κ1) is 13.3. The van der Waals surface area contributed by atoms with E-state index in [0.29, 0.717) is 6.04 Å². The van der Waals surface area contributed by atoms with Gasteiger partial charge in [0, 0.05) is 15.8 Å². The average Bonchev–Trinajstić information content (AvgIpc) is 2.67. The summed E-state index contributed by atoms with van der Waals surface area (Å²) in [7, 11) is 2.05. The van der Waals surface area contributed by atoms with Crippen molar-refractivity contribution in [3.8, 4) is 0 Å². The molecular formula is C16H21NS. The van der Waals surface area contributed by atoms with Crippen LogP contribution in [0.4, 0.5) is 0 Å². The predicted molar refractivity (Wildman–Crippen MR) is 80.5 cm³/mol. The van der Waals surface area contributed by atoms with Crippen molar-refractivity contribution >= 4 is 11.3 Å². The van der Waals surface area contributed by atoms with Gasteiger partial charge in [0.2, 0.25) is 0 Å².